The van der Waals surface area contributed by atoms with Crippen LogP contribution in [0.15, 0.2) is 42.9 Å². The molecule has 0 spiro atoms. The van der Waals surface area contributed by atoms with Crippen molar-refractivity contribution < 1.29 is 9.53 Å². The Hall–Kier alpha value is -3.22. The molecule has 0 aliphatic rings. The second-order valence-electron chi connectivity index (χ2n) is 6.30. The van der Waals surface area contributed by atoms with Gasteiger partial charge in [0.05, 0.1) is 18.5 Å². The van der Waals surface area contributed by atoms with Crippen molar-refractivity contribution >= 4 is 17.6 Å². The first-order chi connectivity index (χ1) is 13.0. The molecule has 7 heteroatoms. The highest BCUT2D eigenvalue weighted by molar-refractivity contribution is 5.69. The van der Waals surface area contributed by atoms with Gasteiger partial charge in [0.1, 0.15) is 0 Å². The zero-order chi connectivity index (χ0) is 19.2. The third-order valence-electron chi connectivity index (χ3n) is 3.94. The summed E-state index contributed by atoms with van der Waals surface area (Å²) in [5, 5.41) is 7.65. The van der Waals surface area contributed by atoms with Crippen LogP contribution in [0.5, 0.6) is 0 Å². The summed E-state index contributed by atoms with van der Waals surface area (Å²) in [6.45, 7) is 6.16. The van der Waals surface area contributed by atoms with E-state index >= 15 is 0 Å². The second kappa shape index (κ2) is 8.44. The molecule has 2 heterocycles. The largest absolute Gasteiger partial charge is 0.466 e. The van der Waals surface area contributed by atoms with E-state index in [0.29, 0.717) is 25.4 Å². The Kier molecular flexibility index (Phi) is 5.80. The first-order valence-corrected chi connectivity index (χ1v) is 8.91. The van der Waals surface area contributed by atoms with Crippen LogP contribution in [-0.4, -0.2) is 32.3 Å². The quantitative estimate of drug-likeness (QED) is 0.645. The minimum absolute atomic E-state index is 0.189. The van der Waals surface area contributed by atoms with Crippen LogP contribution in [-0.2, 0) is 16.0 Å². The van der Waals surface area contributed by atoms with Crippen molar-refractivity contribution in [3.05, 3.63) is 59.7 Å². The number of anilines is 2. The van der Waals surface area contributed by atoms with E-state index in [4.69, 9.17) is 4.74 Å². The fraction of sp³-hybridized carbons (Fsp3) is 0.300. The molecular weight excluding hydrogens is 342 g/mol. The van der Waals surface area contributed by atoms with Gasteiger partial charge in [-0.1, -0.05) is 0 Å². The lowest BCUT2D eigenvalue weighted by Gasteiger charge is -2.09. The third kappa shape index (κ3) is 5.13. The van der Waals surface area contributed by atoms with Crippen LogP contribution in [0.2, 0.25) is 0 Å². The number of carbonyl (C=O) groups excluding carboxylic acids is 1. The second-order valence-corrected chi connectivity index (χ2v) is 6.30. The van der Waals surface area contributed by atoms with Crippen molar-refractivity contribution in [2.45, 2.75) is 33.6 Å². The molecule has 7 nitrogen and oxygen atoms in total. The first-order valence-electron chi connectivity index (χ1n) is 8.91. The lowest BCUT2D eigenvalue weighted by Crippen LogP contribution is -2.04. The third-order valence-corrected chi connectivity index (χ3v) is 3.94. The van der Waals surface area contributed by atoms with Crippen molar-refractivity contribution in [2.24, 2.45) is 0 Å². The van der Waals surface area contributed by atoms with Crippen molar-refractivity contribution in [1.29, 1.82) is 0 Å². The van der Waals surface area contributed by atoms with Gasteiger partial charge < -0.3 is 10.1 Å². The fourth-order valence-electron chi connectivity index (χ4n) is 2.72. The average Bonchev–Trinajstić information content (AvgIpc) is 3.09. The van der Waals surface area contributed by atoms with Gasteiger partial charge in [-0.3, -0.25) is 4.79 Å². The van der Waals surface area contributed by atoms with E-state index in [1.807, 2.05) is 44.3 Å². The van der Waals surface area contributed by atoms with Gasteiger partial charge in [-0.2, -0.15) is 5.10 Å². The van der Waals surface area contributed by atoms with Crippen LogP contribution >= 0.6 is 0 Å². The summed E-state index contributed by atoms with van der Waals surface area (Å²) in [5.41, 5.74) is 4.79. The van der Waals surface area contributed by atoms with Crippen molar-refractivity contribution in [3.8, 4) is 5.69 Å². The van der Waals surface area contributed by atoms with Gasteiger partial charge in [-0.25, -0.2) is 14.6 Å². The molecule has 1 aromatic carbocycles. The number of carbonyl (C=O) groups is 1. The number of esters is 1. The number of nitrogens with one attached hydrogen (secondary N) is 1. The van der Waals surface area contributed by atoms with Gasteiger partial charge in [-0.15, -0.1) is 0 Å². The predicted octanol–water partition coefficient (Wildman–Crippen LogP) is 3.52. The SMILES string of the molecule is CCOC(=O)CCc1cnn(-c2cc(C)cc(Nc3nccc(C)n3)c2)c1. The van der Waals surface area contributed by atoms with Crippen molar-refractivity contribution in [1.82, 2.24) is 19.7 Å². The van der Waals surface area contributed by atoms with Crippen LogP contribution in [0.1, 0.15) is 30.2 Å². The zero-order valence-corrected chi connectivity index (χ0v) is 15.8. The molecule has 0 atom stereocenters. The zero-order valence-electron chi connectivity index (χ0n) is 15.8. The number of nitrogens with zero attached hydrogens (tertiary/aromatic N) is 4. The Bertz CT molecular complexity index is 936. The Morgan fingerprint density at radius 2 is 2.11 bits per heavy atom. The smallest absolute Gasteiger partial charge is 0.306 e. The summed E-state index contributed by atoms with van der Waals surface area (Å²) in [6, 6.07) is 7.92. The topological polar surface area (TPSA) is 81.9 Å². The number of rotatable bonds is 7. The molecule has 27 heavy (non-hydrogen) atoms. The number of ether oxygens (including phenoxy) is 1. The average molecular weight is 365 g/mol. The molecular formula is C20H23N5O2. The molecule has 0 radical (unpaired) electrons. The Morgan fingerprint density at radius 1 is 1.26 bits per heavy atom. The summed E-state index contributed by atoms with van der Waals surface area (Å²) in [7, 11) is 0. The maximum atomic E-state index is 11.5. The summed E-state index contributed by atoms with van der Waals surface area (Å²) >= 11 is 0. The molecule has 0 saturated heterocycles. The lowest BCUT2D eigenvalue weighted by atomic mass is 10.2. The van der Waals surface area contributed by atoms with Gasteiger partial charge in [0.15, 0.2) is 0 Å². The van der Waals surface area contributed by atoms with E-state index in [9.17, 15) is 4.79 Å². The van der Waals surface area contributed by atoms with E-state index in [1.165, 1.54) is 0 Å². The number of aromatic nitrogens is 4. The summed E-state index contributed by atoms with van der Waals surface area (Å²) < 4.78 is 6.77. The van der Waals surface area contributed by atoms with E-state index in [1.54, 1.807) is 24.0 Å². The normalized spacial score (nSPS) is 10.6. The first kappa shape index (κ1) is 18.6. The summed E-state index contributed by atoms with van der Waals surface area (Å²) in [5.74, 6) is 0.368. The molecule has 1 N–H and O–H groups in total. The molecule has 140 valence electrons. The van der Waals surface area contributed by atoms with Crippen LogP contribution in [0.25, 0.3) is 5.69 Å². The van der Waals surface area contributed by atoms with Crippen LogP contribution < -0.4 is 5.32 Å². The lowest BCUT2D eigenvalue weighted by molar-refractivity contribution is -0.143. The highest BCUT2D eigenvalue weighted by Crippen LogP contribution is 2.20. The molecule has 0 aliphatic carbocycles. The van der Waals surface area contributed by atoms with Crippen LogP contribution in [0, 0.1) is 13.8 Å². The van der Waals surface area contributed by atoms with Crippen LogP contribution in [0.4, 0.5) is 11.6 Å². The minimum Gasteiger partial charge on any atom is -0.466 e. The number of aryl methyl sites for hydroxylation is 3. The Labute approximate surface area is 158 Å². The van der Waals surface area contributed by atoms with Crippen molar-refractivity contribution in [2.75, 3.05) is 11.9 Å². The molecule has 0 aliphatic heterocycles. The number of hydrogen-bond donors (Lipinski definition) is 1. The molecule has 0 unspecified atom stereocenters. The highest BCUT2D eigenvalue weighted by atomic mass is 16.5. The predicted molar refractivity (Wildman–Crippen MR) is 103 cm³/mol. The highest BCUT2D eigenvalue weighted by Gasteiger charge is 2.08. The molecule has 3 rings (SSSR count). The fourth-order valence-corrected chi connectivity index (χ4v) is 2.72. The van der Waals surface area contributed by atoms with E-state index in [0.717, 1.165) is 28.2 Å². The standard InChI is InChI=1S/C20H23N5O2/c1-4-27-19(26)6-5-16-12-22-25(13-16)18-10-14(2)9-17(11-18)24-20-21-8-7-15(3)23-20/h7-13H,4-6H2,1-3H3,(H,21,23,24). The van der Waals surface area contributed by atoms with E-state index < -0.39 is 0 Å². The monoisotopic (exact) mass is 365 g/mol. The molecule has 2 aromatic heterocycles. The van der Waals surface area contributed by atoms with Gasteiger partial charge >= 0.3 is 5.97 Å². The van der Waals surface area contributed by atoms with Crippen molar-refractivity contribution in [3.63, 3.8) is 0 Å². The van der Waals surface area contributed by atoms with E-state index in [-0.39, 0.29) is 5.97 Å². The summed E-state index contributed by atoms with van der Waals surface area (Å²) in [4.78, 5) is 20.1. The molecule has 0 fully saturated rings. The molecule has 0 bridgehead atoms. The van der Waals surface area contributed by atoms with E-state index in [2.05, 4.69) is 20.4 Å². The van der Waals surface area contributed by atoms with Gasteiger partial charge in [0.2, 0.25) is 5.95 Å². The molecule has 0 saturated carbocycles. The number of benzene rings is 1. The molecule has 0 amide bonds. The van der Waals surface area contributed by atoms with Gasteiger partial charge in [-0.05, 0) is 62.6 Å². The Balaban J connectivity index is 1.75. The number of hydrogen-bond acceptors (Lipinski definition) is 6. The molecule has 3 aromatic rings. The van der Waals surface area contributed by atoms with Gasteiger partial charge in [0, 0.05) is 30.2 Å². The maximum Gasteiger partial charge on any atom is 0.306 e. The Morgan fingerprint density at radius 3 is 2.89 bits per heavy atom. The summed E-state index contributed by atoms with van der Waals surface area (Å²) in [6.07, 6.45) is 6.39. The maximum absolute atomic E-state index is 11.5. The van der Waals surface area contributed by atoms with Crippen LogP contribution in [0.3, 0.4) is 0 Å². The van der Waals surface area contributed by atoms with Gasteiger partial charge in [0.25, 0.3) is 0 Å². The minimum atomic E-state index is -0.189.